The van der Waals surface area contributed by atoms with Gasteiger partial charge in [-0.2, -0.15) is 5.26 Å². The zero-order valence-electron chi connectivity index (χ0n) is 10.9. The molecule has 0 atom stereocenters. The number of hydrogen-bond acceptors (Lipinski definition) is 3. The first kappa shape index (κ1) is 11.9. The maximum atomic E-state index is 9.34. The smallest absolute Gasteiger partial charge is 0.118 e. The molecule has 0 aromatic heterocycles. The van der Waals surface area contributed by atoms with Crippen LogP contribution < -0.4 is 10.5 Å². The van der Waals surface area contributed by atoms with Crippen LogP contribution in [0, 0.1) is 16.7 Å². The van der Waals surface area contributed by atoms with Gasteiger partial charge in [-0.25, -0.2) is 0 Å². The summed E-state index contributed by atoms with van der Waals surface area (Å²) in [4.78, 5) is 0. The topological polar surface area (TPSA) is 59.0 Å². The summed E-state index contributed by atoms with van der Waals surface area (Å²) in [5.74, 6) is 0.823. The van der Waals surface area contributed by atoms with Gasteiger partial charge in [-0.15, -0.1) is 0 Å². The van der Waals surface area contributed by atoms with Crippen molar-refractivity contribution >= 4 is 5.57 Å². The lowest BCUT2D eigenvalue weighted by molar-refractivity contribution is 0.269. The van der Waals surface area contributed by atoms with Crippen molar-refractivity contribution in [2.45, 2.75) is 19.3 Å². The van der Waals surface area contributed by atoms with Gasteiger partial charge in [-0.1, -0.05) is 24.6 Å². The Bertz CT molecular complexity index is 613. The highest BCUT2D eigenvalue weighted by molar-refractivity contribution is 5.85. The molecule has 3 rings (SSSR count). The second kappa shape index (κ2) is 4.17. The van der Waals surface area contributed by atoms with Crippen molar-refractivity contribution < 1.29 is 4.74 Å². The molecule has 1 saturated carbocycles. The largest absolute Gasteiger partial charge is 0.497 e. The number of benzene rings is 1. The van der Waals surface area contributed by atoms with Crippen molar-refractivity contribution in [3.63, 3.8) is 0 Å². The van der Waals surface area contributed by atoms with E-state index in [0.717, 1.165) is 35.3 Å². The molecule has 2 aliphatic carbocycles. The molecule has 2 N–H and O–H groups in total. The molecule has 96 valence electrons. The Morgan fingerprint density at radius 1 is 1.26 bits per heavy atom. The van der Waals surface area contributed by atoms with Gasteiger partial charge < -0.3 is 10.5 Å². The van der Waals surface area contributed by atoms with E-state index in [-0.39, 0.29) is 5.41 Å². The fraction of sp³-hybridized carbons (Fsp3) is 0.312. The third-order valence-corrected chi connectivity index (χ3v) is 4.24. The Morgan fingerprint density at radius 2 is 1.95 bits per heavy atom. The van der Waals surface area contributed by atoms with Gasteiger partial charge in [-0.3, -0.25) is 0 Å². The molecule has 0 bridgehead atoms. The van der Waals surface area contributed by atoms with Gasteiger partial charge in [0.05, 0.1) is 24.4 Å². The van der Waals surface area contributed by atoms with Gasteiger partial charge in [0.25, 0.3) is 0 Å². The molecule has 0 radical (unpaired) electrons. The van der Waals surface area contributed by atoms with E-state index in [0.29, 0.717) is 5.70 Å². The van der Waals surface area contributed by atoms with Crippen LogP contribution in [-0.2, 0) is 0 Å². The molecule has 3 heteroatoms. The highest BCUT2D eigenvalue weighted by Crippen LogP contribution is 2.55. The van der Waals surface area contributed by atoms with Crippen LogP contribution in [0.2, 0.25) is 0 Å². The summed E-state index contributed by atoms with van der Waals surface area (Å²) < 4.78 is 5.16. The van der Waals surface area contributed by atoms with Crippen LogP contribution in [0.3, 0.4) is 0 Å². The van der Waals surface area contributed by atoms with E-state index < -0.39 is 0 Å². The molecule has 0 amide bonds. The summed E-state index contributed by atoms with van der Waals surface area (Å²) in [5.41, 5.74) is 9.55. The van der Waals surface area contributed by atoms with Crippen molar-refractivity contribution in [3.8, 4) is 11.8 Å². The van der Waals surface area contributed by atoms with Crippen LogP contribution in [0.15, 0.2) is 41.6 Å². The molecule has 1 aromatic carbocycles. The Balaban J connectivity index is 2.03. The molecule has 2 aliphatic rings. The summed E-state index contributed by atoms with van der Waals surface area (Å²) in [6, 6.07) is 10.1. The fourth-order valence-corrected chi connectivity index (χ4v) is 2.96. The monoisotopic (exact) mass is 252 g/mol. The van der Waals surface area contributed by atoms with E-state index in [1.807, 2.05) is 24.3 Å². The summed E-state index contributed by atoms with van der Waals surface area (Å²) >= 11 is 0. The van der Waals surface area contributed by atoms with E-state index in [1.165, 1.54) is 6.42 Å². The zero-order valence-corrected chi connectivity index (χ0v) is 10.9. The molecular weight excluding hydrogens is 236 g/mol. The minimum atomic E-state index is -0.0753. The van der Waals surface area contributed by atoms with E-state index in [9.17, 15) is 5.26 Å². The molecule has 0 unspecified atom stereocenters. The molecule has 1 fully saturated rings. The normalized spacial score (nSPS) is 19.9. The highest BCUT2D eigenvalue weighted by atomic mass is 16.5. The van der Waals surface area contributed by atoms with Crippen LogP contribution in [0.5, 0.6) is 5.75 Å². The minimum absolute atomic E-state index is 0.0753. The zero-order chi connectivity index (χ0) is 13.5. The number of allylic oxidation sites excluding steroid dienone is 3. The van der Waals surface area contributed by atoms with Crippen LogP contribution >= 0.6 is 0 Å². The number of nitrogens with two attached hydrogens (primary N) is 1. The first-order valence-corrected chi connectivity index (χ1v) is 6.48. The second-order valence-electron chi connectivity index (χ2n) is 5.20. The molecule has 3 nitrogen and oxygen atoms in total. The van der Waals surface area contributed by atoms with Crippen LogP contribution in [0.25, 0.3) is 5.57 Å². The number of nitriles is 1. The van der Waals surface area contributed by atoms with Gasteiger partial charge in [0.2, 0.25) is 0 Å². The Morgan fingerprint density at radius 3 is 2.37 bits per heavy atom. The Kier molecular flexibility index (Phi) is 2.60. The van der Waals surface area contributed by atoms with E-state index in [4.69, 9.17) is 10.5 Å². The van der Waals surface area contributed by atoms with Gasteiger partial charge in [0.15, 0.2) is 0 Å². The summed E-state index contributed by atoms with van der Waals surface area (Å²) in [6.45, 7) is 0. The summed E-state index contributed by atoms with van der Waals surface area (Å²) in [5, 5.41) is 9.34. The average molecular weight is 252 g/mol. The molecule has 0 aliphatic heterocycles. The predicted octanol–water partition coefficient (Wildman–Crippen LogP) is 3.00. The third-order valence-electron chi connectivity index (χ3n) is 4.24. The van der Waals surface area contributed by atoms with E-state index >= 15 is 0 Å². The maximum absolute atomic E-state index is 9.34. The molecule has 1 spiro atoms. The van der Waals surface area contributed by atoms with Crippen molar-refractivity contribution in [2.75, 3.05) is 7.11 Å². The van der Waals surface area contributed by atoms with Crippen molar-refractivity contribution in [3.05, 3.63) is 47.2 Å². The molecular formula is C16H16N2O. The number of methoxy groups -OCH3 is 1. The quantitative estimate of drug-likeness (QED) is 0.880. The Hall–Kier alpha value is -2.21. The molecule has 0 saturated heterocycles. The standard InChI is InChI=1S/C16H16N2O/c1-19-12-5-3-11(4-6-12)13-9-16(7-2-8-16)14(10-17)15(13)18/h3-6,9H,2,7-8,18H2,1H3. The average Bonchev–Trinajstić information content (AvgIpc) is 2.72. The minimum Gasteiger partial charge on any atom is -0.497 e. The second-order valence-corrected chi connectivity index (χ2v) is 5.20. The SMILES string of the molecule is COc1ccc(C2=CC3(CCC3)C(C#N)=C2N)cc1. The summed E-state index contributed by atoms with van der Waals surface area (Å²) in [7, 11) is 1.65. The van der Waals surface area contributed by atoms with Gasteiger partial charge in [0.1, 0.15) is 5.75 Å². The lowest BCUT2D eigenvalue weighted by Crippen LogP contribution is -2.27. The number of rotatable bonds is 2. The number of nitrogens with zero attached hydrogens (tertiary/aromatic N) is 1. The molecule has 0 heterocycles. The number of ether oxygens (including phenoxy) is 1. The first-order valence-electron chi connectivity index (χ1n) is 6.48. The van der Waals surface area contributed by atoms with Gasteiger partial charge in [-0.05, 0) is 30.5 Å². The first-order chi connectivity index (χ1) is 9.20. The van der Waals surface area contributed by atoms with Gasteiger partial charge in [0, 0.05) is 11.0 Å². The predicted molar refractivity (Wildman–Crippen MR) is 74.1 cm³/mol. The van der Waals surface area contributed by atoms with Crippen LogP contribution in [-0.4, -0.2) is 7.11 Å². The van der Waals surface area contributed by atoms with Gasteiger partial charge >= 0.3 is 0 Å². The molecule has 19 heavy (non-hydrogen) atoms. The highest BCUT2D eigenvalue weighted by Gasteiger charge is 2.44. The van der Waals surface area contributed by atoms with E-state index in [2.05, 4.69) is 12.1 Å². The third kappa shape index (κ3) is 1.64. The lowest BCUT2D eigenvalue weighted by atomic mass is 9.66. The number of hydrogen-bond donors (Lipinski definition) is 1. The van der Waals surface area contributed by atoms with Crippen LogP contribution in [0.4, 0.5) is 0 Å². The Labute approximate surface area is 113 Å². The van der Waals surface area contributed by atoms with E-state index in [1.54, 1.807) is 7.11 Å². The fourth-order valence-electron chi connectivity index (χ4n) is 2.96. The lowest BCUT2D eigenvalue weighted by Gasteiger charge is -2.36. The van der Waals surface area contributed by atoms with Crippen molar-refractivity contribution in [1.29, 1.82) is 5.26 Å². The van der Waals surface area contributed by atoms with Crippen molar-refractivity contribution in [2.24, 2.45) is 11.1 Å². The maximum Gasteiger partial charge on any atom is 0.118 e. The molecule has 1 aromatic rings. The van der Waals surface area contributed by atoms with Crippen LogP contribution in [0.1, 0.15) is 24.8 Å². The van der Waals surface area contributed by atoms with Crippen molar-refractivity contribution in [1.82, 2.24) is 0 Å². The summed E-state index contributed by atoms with van der Waals surface area (Å²) in [6.07, 6.45) is 5.43.